The van der Waals surface area contributed by atoms with Gasteiger partial charge in [0.25, 0.3) is 0 Å². The van der Waals surface area contributed by atoms with Crippen molar-refractivity contribution in [2.45, 2.75) is 51.6 Å². The lowest BCUT2D eigenvalue weighted by Gasteiger charge is -2.15. The molecule has 0 saturated heterocycles. The van der Waals surface area contributed by atoms with E-state index < -0.39 is 0 Å². The van der Waals surface area contributed by atoms with E-state index in [1.165, 1.54) is 31.2 Å². The Bertz CT molecular complexity index is 392. The minimum Gasteiger partial charge on any atom is -0.461 e. The standard InChI is InChI=1S/C16H23NO2/c1-13-8-10-14(11-9-13)17-12-16(18)19-15-6-4-2-3-5-7-15/h8-11,15,17H,2-7,12H2,1H3. The molecular formula is C16H23NO2. The number of aryl methyl sites for hydroxylation is 1. The average molecular weight is 261 g/mol. The van der Waals surface area contributed by atoms with Gasteiger partial charge in [-0.15, -0.1) is 0 Å². The van der Waals surface area contributed by atoms with Gasteiger partial charge in [-0.05, 0) is 44.7 Å². The van der Waals surface area contributed by atoms with Gasteiger partial charge in [-0.2, -0.15) is 0 Å². The van der Waals surface area contributed by atoms with Crippen molar-refractivity contribution in [2.75, 3.05) is 11.9 Å². The van der Waals surface area contributed by atoms with Gasteiger partial charge in [0.1, 0.15) is 12.6 Å². The van der Waals surface area contributed by atoms with E-state index in [0.29, 0.717) is 0 Å². The number of nitrogens with one attached hydrogen (secondary N) is 1. The van der Waals surface area contributed by atoms with Crippen molar-refractivity contribution in [1.29, 1.82) is 0 Å². The Labute approximate surface area is 115 Å². The van der Waals surface area contributed by atoms with Crippen molar-refractivity contribution in [1.82, 2.24) is 0 Å². The highest BCUT2D eigenvalue weighted by Crippen LogP contribution is 2.19. The van der Waals surface area contributed by atoms with E-state index in [9.17, 15) is 4.79 Å². The number of ether oxygens (including phenoxy) is 1. The summed E-state index contributed by atoms with van der Waals surface area (Å²) in [6.07, 6.45) is 7.10. The molecule has 1 fully saturated rings. The Morgan fingerprint density at radius 3 is 2.42 bits per heavy atom. The topological polar surface area (TPSA) is 38.3 Å². The highest BCUT2D eigenvalue weighted by molar-refractivity contribution is 5.75. The minimum atomic E-state index is -0.146. The lowest BCUT2D eigenvalue weighted by molar-refractivity contribution is -0.147. The lowest BCUT2D eigenvalue weighted by atomic mass is 10.1. The van der Waals surface area contributed by atoms with Crippen LogP contribution in [-0.4, -0.2) is 18.6 Å². The third-order valence-corrected chi connectivity index (χ3v) is 3.59. The predicted octanol–water partition coefficient (Wildman–Crippen LogP) is 3.67. The first kappa shape index (κ1) is 13.9. The number of hydrogen-bond donors (Lipinski definition) is 1. The minimum absolute atomic E-state index is 0.134. The second-order valence-electron chi connectivity index (χ2n) is 5.32. The Kier molecular flexibility index (Phi) is 5.25. The van der Waals surface area contributed by atoms with E-state index in [-0.39, 0.29) is 18.6 Å². The van der Waals surface area contributed by atoms with Crippen LogP contribution in [0, 0.1) is 6.92 Å². The summed E-state index contributed by atoms with van der Waals surface area (Å²) in [4.78, 5) is 11.8. The normalized spacial score (nSPS) is 16.7. The zero-order valence-corrected chi connectivity index (χ0v) is 11.7. The molecule has 3 nitrogen and oxygen atoms in total. The maximum absolute atomic E-state index is 11.8. The second-order valence-corrected chi connectivity index (χ2v) is 5.32. The summed E-state index contributed by atoms with van der Waals surface area (Å²) >= 11 is 0. The average Bonchev–Trinajstić information content (AvgIpc) is 2.67. The Hall–Kier alpha value is -1.51. The molecule has 0 aliphatic heterocycles. The molecule has 3 heteroatoms. The number of hydrogen-bond acceptors (Lipinski definition) is 3. The van der Waals surface area contributed by atoms with E-state index >= 15 is 0 Å². The molecule has 1 aliphatic carbocycles. The summed E-state index contributed by atoms with van der Waals surface area (Å²) in [6.45, 7) is 2.30. The number of carbonyl (C=O) groups excluding carboxylic acids is 1. The maximum atomic E-state index is 11.8. The number of carbonyl (C=O) groups is 1. The quantitative estimate of drug-likeness (QED) is 0.664. The van der Waals surface area contributed by atoms with E-state index in [1.54, 1.807) is 0 Å². The molecular weight excluding hydrogens is 238 g/mol. The van der Waals surface area contributed by atoms with Crippen LogP contribution in [-0.2, 0) is 9.53 Å². The van der Waals surface area contributed by atoms with Crippen molar-refractivity contribution < 1.29 is 9.53 Å². The molecule has 1 aromatic rings. The lowest BCUT2D eigenvalue weighted by Crippen LogP contribution is -2.23. The van der Waals surface area contributed by atoms with Gasteiger partial charge in [-0.1, -0.05) is 30.5 Å². The van der Waals surface area contributed by atoms with Crippen LogP contribution in [0.15, 0.2) is 24.3 Å². The van der Waals surface area contributed by atoms with Crippen LogP contribution < -0.4 is 5.32 Å². The SMILES string of the molecule is Cc1ccc(NCC(=O)OC2CCCCCC2)cc1. The molecule has 0 unspecified atom stereocenters. The number of benzene rings is 1. The summed E-state index contributed by atoms with van der Waals surface area (Å²) < 4.78 is 5.52. The molecule has 1 aromatic carbocycles. The summed E-state index contributed by atoms with van der Waals surface area (Å²) in [5.74, 6) is -0.146. The van der Waals surface area contributed by atoms with Crippen LogP contribution in [0.1, 0.15) is 44.1 Å². The van der Waals surface area contributed by atoms with Gasteiger partial charge < -0.3 is 10.1 Å². The first-order chi connectivity index (χ1) is 9.24. The van der Waals surface area contributed by atoms with Crippen LogP contribution in [0.5, 0.6) is 0 Å². The monoisotopic (exact) mass is 261 g/mol. The zero-order chi connectivity index (χ0) is 13.5. The van der Waals surface area contributed by atoms with Crippen molar-refractivity contribution in [2.24, 2.45) is 0 Å². The molecule has 0 bridgehead atoms. The highest BCUT2D eigenvalue weighted by Gasteiger charge is 2.16. The van der Waals surface area contributed by atoms with Crippen LogP contribution in [0.25, 0.3) is 0 Å². The fourth-order valence-electron chi connectivity index (χ4n) is 2.43. The molecule has 1 aliphatic rings. The summed E-state index contributed by atoms with van der Waals surface area (Å²) in [6, 6.07) is 8.01. The number of rotatable bonds is 4. The summed E-state index contributed by atoms with van der Waals surface area (Å²) in [5.41, 5.74) is 2.18. The molecule has 1 N–H and O–H groups in total. The molecule has 104 valence electrons. The van der Waals surface area contributed by atoms with Crippen LogP contribution >= 0.6 is 0 Å². The Morgan fingerprint density at radius 2 is 1.79 bits per heavy atom. The third kappa shape index (κ3) is 4.93. The van der Waals surface area contributed by atoms with Crippen LogP contribution in [0.2, 0.25) is 0 Å². The maximum Gasteiger partial charge on any atom is 0.325 e. The van der Waals surface area contributed by atoms with Crippen molar-refractivity contribution in [3.8, 4) is 0 Å². The molecule has 2 rings (SSSR count). The Balaban J connectivity index is 1.73. The largest absolute Gasteiger partial charge is 0.461 e. The predicted molar refractivity (Wildman–Crippen MR) is 77.3 cm³/mol. The van der Waals surface area contributed by atoms with Gasteiger partial charge in [0.15, 0.2) is 0 Å². The van der Waals surface area contributed by atoms with Crippen LogP contribution in [0.3, 0.4) is 0 Å². The van der Waals surface area contributed by atoms with Gasteiger partial charge in [-0.25, -0.2) is 0 Å². The van der Waals surface area contributed by atoms with E-state index in [2.05, 4.69) is 5.32 Å². The number of esters is 1. The van der Waals surface area contributed by atoms with Gasteiger partial charge in [0.2, 0.25) is 0 Å². The first-order valence-corrected chi connectivity index (χ1v) is 7.24. The molecule has 0 atom stereocenters. The highest BCUT2D eigenvalue weighted by atomic mass is 16.5. The second kappa shape index (κ2) is 7.17. The molecule has 0 radical (unpaired) electrons. The molecule has 0 heterocycles. The van der Waals surface area contributed by atoms with Gasteiger partial charge >= 0.3 is 5.97 Å². The third-order valence-electron chi connectivity index (χ3n) is 3.59. The summed E-state index contributed by atoms with van der Waals surface area (Å²) in [7, 11) is 0. The van der Waals surface area contributed by atoms with Gasteiger partial charge in [-0.3, -0.25) is 4.79 Å². The molecule has 19 heavy (non-hydrogen) atoms. The Morgan fingerprint density at radius 1 is 1.16 bits per heavy atom. The van der Waals surface area contributed by atoms with Crippen molar-refractivity contribution in [3.05, 3.63) is 29.8 Å². The first-order valence-electron chi connectivity index (χ1n) is 7.24. The molecule has 0 aromatic heterocycles. The summed E-state index contributed by atoms with van der Waals surface area (Å²) in [5, 5.41) is 3.10. The smallest absolute Gasteiger partial charge is 0.325 e. The van der Waals surface area contributed by atoms with E-state index in [4.69, 9.17) is 4.74 Å². The fourth-order valence-corrected chi connectivity index (χ4v) is 2.43. The molecule has 1 saturated carbocycles. The molecule has 0 spiro atoms. The van der Waals surface area contributed by atoms with Crippen LogP contribution in [0.4, 0.5) is 5.69 Å². The number of anilines is 1. The van der Waals surface area contributed by atoms with Gasteiger partial charge in [0.05, 0.1) is 0 Å². The van der Waals surface area contributed by atoms with Crippen molar-refractivity contribution in [3.63, 3.8) is 0 Å². The van der Waals surface area contributed by atoms with Crippen molar-refractivity contribution >= 4 is 11.7 Å². The van der Waals surface area contributed by atoms with E-state index in [1.807, 2.05) is 31.2 Å². The zero-order valence-electron chi connectivity index (χ0n) is 11.7. The fraction of sp³-hybridized carbons (Fsp3) is 0.562. The van der Waals surface area contributed by atoms with Gasteiger partial charge in [0, 0.05) is 5.69 Å². The molecule has 0 amide bonds. The van der Waals surface area contributed by atoms with E-state index in [0.717, 1.165) is 18.5 Å².